The summed E-state index contributed by atoms with van der Waals surface area (Å²) in [5.74, 6) is -0.0307. The molecule has 0 atom stereocenters. The Morgan fingerprint density at radius 3 is 2.50 bits per heavy atom. The van der Waals surface area contributed by atoms with Crippen LogP contribution in [0.15, 0.2) is 28.7 Å². The number of aromatic hydroxyl groups is 1. The summed E-state index contributed by atoms with van der Waals surface area (Å²) in [5, 5.41) is 24.7. The average molecular weight is 257 g/mol. The molecule has 0 aromatic heterocycles. The second-order valence-corrected chi connectivity index (χ2v) is 3.05. The molecule has 1 aromatic rings. The molecule has 1 aromatic carbocycles. The minimum absolute atomic E-state index is 0.291. The second kappa shape index (κ2) is 6.74. The van der Waals surface area contributed by atoms with Crippen LogP contribution in [0.2, 0.25) is 0 Å². The summed E-state index contributed by atoms with van der Waals surface area (Å²) in [4.78, 5) is 0. The molecule has 0 saturated heterocycles. The first-order valence-electron chi connectivity index (χ1n) is 3.50. The van der Waals surface area contributed by atoms with E-state index >= 15 is 0 Å². The number of hydrogen-bond donors (Lipinski definition) is 4. The van der Waals surface area contributed by atoms with Crippen molar-refractivity contribution in [2.75, 3.05) is 0 Å². The monoisotopic (exact) mass is 256 g/mol. The normalized spacial score (nSPS) is 7.71. The van der Waals surface area contributed by atoms with E-state index in [2.05, 4.69) is 21.7 Å². The van der Waals surface area contributed by atoms with E-state index in [0.29, 0.717) is 5.75 Å². The number of hydrogen-bond acceptors (Lipinski definition) is 3. The van der Waals surface area contributed by atoms with Gasteiger partial charge in [0.25, 0.3) is 0 Å². The number of nitrogens with one attached hydrogen (secondary N) is 2. The summed E-state index contributed by atoms with van der Waals surface area (Å²) in [6.45, 7) is 0. The van der Waals surface area contributed by atoms with E-state index < -0.39 is 0 Å². The van der Waals surface area contributed by atoms with Crippen LogP contribution in [0.25, 0.3) is 0 Å². The number of phenols is 1. The Kier molecular flexibility index (Phi) is 5.90. The highest BCUT2D eigenvalue weighted by atomic mass is 79.9. The average Bonchev–Trinajstić information content (AvgIpc) is 2.03. The van der Waals surface area contributed by atoms with Crippen molar-refractivity contribution >= 4 is 21.9 Å². The summed E-state index contributed by atoms with van der Waals surface area (Å²) >= 11 is 3.20. The standard InChI is InChI=1S/C6H5BrO.C2H4N4/c7-5-2-1-3-6(8)4-5;3-1-6-2(4)5/h1-4,8H;(H4,4,5,6). The van der Waals surface area contributed by atoms with Crippen molar-refractivity contribution in [2.45, 2.75) is 0 Å². The Labute approximate surface area is 89.8 Å². The third-order valence-electron chi connectivity index (χ3n) is 0.999. The zero-order chi connectivity index (χ0) is 11.0. The fourth-order valence-electron chi connectivity index (χ4n) is 0.536. The van der Waals surface area contributed by atoms with Gasteiger partial charge < -0.3 is 10.8 Å². The first-order valence-corrected chi connectivity index (χ1v) is 4.29. The molecule has 0 aliphatic rings. The highest BCUT2D eigenvalue weighted by Gasteiger charge is 1.84. The maximum Gasteiger partial charge on any atom is 0.199 e. The van der Waals surface area contributed by atoms with E-state index in [4.69, 9.17) is 15.8 Å². The quantitative estimate of drug-likeness (QED) is 0.242. The predicted molar refractivity (Wildman–Crippen MR) is 56.5 cm³/mol. The number of guanidine groups is 1. The van der Waals surface area contributed by atoms with Gasteiger partial charge in [-0.3, -0.25) is 10.7 Å². The molecule has 6 heteroatoms. The molecule has 0 aliphatic carbocycles. The van der Waals surface area contributed by atoms with Crippen LogP contribution >= 0.6 is 15.9 Å². The van der Waals surface area contributed by atoms with E-state index in [-0.39, 0.29) is 5.96 Å². The third kappa shape index (κ3) is 6.94. The van der Waals surface area contributed by atoms with Crippen LogP contribution in [0.5, 0.6) is 5.75 Å². The van der Waals surface area contributed by atoms with E-state index in [1.807, 2.05) is 11.4 Å². The lowest BCUT2D eigenvalue weighted by Crippen LogP contribution is -2.25. The number of nitriles is 1. The number of rotatable bonds is 0. The Hall–Kier alpha value is -1.74. The van der Waals surface area contributed by atoms with Gasteiger partial charge in [-0.2, -0.15) is 5.26 Å². The molecule has 5 N–H and O–H groups in total. The number of phenolic OH excluding ortho intramolecular Hbond substituents is 1. The van der Waals surface area contributed by atoms with Crippen molar-refractivity contribution in [3.63, 3.8) is 0 Å². The molecule has 1 rings (SSSR count). The summed E-state index contributed by atoms with van der Waals surface area (Å²) in [7, 11) is 0. The van der Waals surface area contributed by atoms with Gasteiger partial charge >= 0.3 is 0 Å². The minimum Gasteiger partial charge on any atom is -0.508 e. The van der Waals surface area contributed by atoms with E-state index in [0.717, 1.165) is 4.47 Å². The molecule has 0 spiro atoms. The SMILES string of the molecule is N#CNC(=N)N.Oc1cccc(Br)c1. The van der Waals surface area contributed by atoms with Crippen molar-refractivity contribution < 1.29 is 5.11 Å². The highest BCUT2D eigenvalue weighted by Crippen LogP contribution is 2.15. The van der Waals surface area contributed by atoms with E-state index in [1.165, 1.54) is 6.19 Å². The molecule has 14 heavy (non-hydrogen) atoms. The third-order valence-corrected chi connectivity index (χ3v) is 1.49. The Bertz CT molecular complexity index is 330. The fraction of sp³-hybridized carbons (Fsp3) is 0. The number of benzene rings is 1. The summed E-state index contributed by atoms with van der Waals surface area (Å²) in [6, 6.07) is 6.91. The van der Waals surface area contributed by atoms with Crippen LogP contribution in [-0.4, -0.2) is 11.1 Å². The van der Waals surface area contributed by atoms with Gasteiger partial charge in [0, 0.05) is 4.47 Å². The molecule has 0 bridgehead atoms. The molecule has 5 nitrogen and oxygen atoms in total. The summed E-state index contributed by atoms with van der Waals surface area (Å²) in [5.41, 5.74) is 4.65. The molecule has 0 aliphatic heterocycles. The second-order valence-electron chi connectivity index (χ2n) is 2.13. The lowest BCUT2D eigenvalue weighted by Gasteiger charge is -1.88. The molecule has 0 radical (unpaired) electrons. The fourth-order valence-corrected chi connectivity index (χ4v) is 0.924. The first-order chi connectivity index (χ1) is 6.56. The molecule has 0 saturated carbocycles. The zero-order valence-corrected chi connectivity index (χ0v) is 8.75. The summed E-state index contributed by atoms with van der Waals surface area (Å²) < 4.78 is 0.900. The molecule has 74 valence electrons. The largest absolute Gasteiger partial charge is 0.508 e. The maximum absolute atomic E-state index is 8.78. The lowest BCUT2D eigenvalue weighted by molar-refractivity contribution is 0.475. The Morgan fingerprint density at radius 2 is 2.29 bits per heavy atom. The van der Waals surface area contributed by atoms with Gasteiger partial charge in [-0.15, -0.1) is 0 Å². The van der Waals surface area contributed by atoms with Crippen LogP contribution < -0.4 is 11.1 Å². The molecular formula is C8H9BrN4O. The lowest BCUT2D eigenvalue weighted by atomic mass is 10.3. The number of nitrogens with two attached hydrogens (primary N) is 1. The van der Waals surface area contributed by atoms with Crippen molar-refractivity contribution in [3.05, 3.63) is 28.7 Å². The van der Waals surface area contributed by atoms with Gasteiger partial charge in [0.05, 0.1) is 0 Å². The molecule has 0 amide bonds. The van der Waals surface area contributed by atoms with Crippen LogP contribution in [-0.2, 0) is 0 Å². The van der Waals surface area contributed by atoms with Crippen molar-refractivity contribution in [2.24, 2.45) is 5.73 Å². The maximum atomic E-state index is 8.78. The van der Waals surface area contributed by atoms with Gasteiger partial charge in [-0.25, -0.2) is 0 Å². The van der Waals surface area contributed by atoms with Crippen molar-refractivity contribution in [1.82, 2.24) is 5.32 Å². The van der Waals surface area contributed by atoms with Crippen LogP contribution in [0.3, 0.4) is 0 Å². The smallest absolute Gasteiger partial charge is 0.199 e. The molecule has 0 fully saturated rings. The van der Waals surface area contributed by atoms with E-state index in [1.54, 1.807) is 18.2 Å². The Morgan fingerprint density at radius 1 is 1.64 bits per heavy atom. The van der Waals surface area contributed by atoms with Gasteiger partial charge in [0.2, 0.25) is 0 Å². The topological polar surface area (TPSA) is 106 Å². The molecule has 0 heterocycles. The van der Waals surface area contributed by atoms with Gasteiger partial charge in [-0.05, 0) is 18.2 Å². The van der Waals surface area contributed by atoms with Gasteiger partial charge in [0.1, 0.15) is 5.75 Å². The van der Waals surface area contributed by atoms with Crippen molar-refractivity contribution in [1.29, 1.82) is 10.7 Å². The van der Waals surface area contributed by atoms with E-state index in [9.17, 15) is 0 Å². The Balaban J connectivity index is 0.000000255. The van der Waals surface area contributed by atoms with Crippen LogP contribution in [0.4, 0.5) is 0 Å². The molecular weight excluding hydrogens is 248 g/mol. The highest BCUT2D eigenvalue weighted by molar-refractivity contribution is 9.10. The molecule has 0 unspecified atom stereocenters. The predicted octanol–water partition coefficient (Wildman–Crippen LogP) is 1.11. The summed E-state index contributed by atoms with van der Waals surface area (Å²) in [6.07, 6.45) is 1.47. The minimum atomic E-state index is -0.322. The number of halogens is 1. The van der Waals surface area contributed by atoms with Gasteiger partial charge in [0.15, 0.2) is 12.2 Å². The van der Waals surface area contributed by atoms with Crippen LogP contribution in [0, 0.1) is 16.9 Å². The van der Waals surface area contributed by atoms with Crippen LogP contribution in [0.1, 0.15) is 0 Å². The van der Waals surface area contributed by atoms with Gasteiger partial charge in [-0.1, -0.05) is 22.0 Å². The van der Waals surface area contributed by atoms with Crippen molar-refractivity contribution in [3.8, 4) is 11.9 Å². The zero-order valence-electron chi connectivity index (χ0n) is 7.16. The first kappa shape index (κ1) is 12.3. The number of nitrogens with zero attached hydrogens (tertiary/aromatic N) is 1.